The maximum absolute atomic E-state index is 13.8. The van der Waals surface area contributed by atoms with E-state index >= 15 is 0 Å². The van der Waals surface area contributed by atoms with Gasteiger partial charge in [0.1, 0.15) is 0 Å². The van der Waals surface area contributed by atoms with Gasteiger partial charge in [-0.2, -0.15) is 0 Å². The molecule has 1 saturated carbocycles. The SMILES string of the molecule is CSc1cc(C)[nH]c(=O)c1CNC(=O)c1cc(-c2ccc3c(ccn3C)c2)c2c(c1C)OC(C)(C1CCC(N(C)C)CC1)O2. The number of hydrogen-bond acceptors (Lipinski definition) is 6. The van der Waals surface area contributed by atoms with Crippen LogP contribution in [0.4, 0.5) is 0 Å². The first-order valence-electron chi connectivity index (χ1n) is 15.3. The van der Waals surface area contributed by atoms with Crippen LogP contribution in [0.2, 0.25) is 0 Å². The molecule has 1 amide bonds. The molecule has 44 heavy (non-hydrogen) atoms. The molecular weight excluding hydrogens is 572 g/mol. The molecule has 2 aromatic heterocycles. The zero-order chi connectivity index (χ0) is 31.3. The number of amides is 1. The quantitative estimate of drug-likeness (QED) is 0.234. The maximum atomic E-state index is 13.8. The van der Waals surface area contributed by atoms with Crippen molar-refractivity contribution in [2.75, 3.05) is 20.4 Å². The maximum Gasteiger partial charge on any atom is 0.254 e. The summed E-state index contributed by atoms with van der Waals surface area (Å²) in [5, 5.41) is 4.13. The summed E-state index contributed by atoms with van der Waals surface area (Å²) in [6, 6.07) is 12.8. The van der Waals surface area contributed by atoms with Crippen LogP contribution in [0.5, 0.6) is 11.5 Å². The van der Waals surface area contributed by atoms with Crippen molar-refractivity contribution in [1.29, 1.82) is 0 Å². The molecule has 8 nitrogen and oxygen atoms in total. The average Bonchev–Trinajstić information content (AvgIpc) is 3.56. The normalized spacial score (nSPS) is 21.3. The zero-order valence-corrected chi connectivity index (χ0v) is 27.5. The molecule has 1 fully saturated rings. The lowest BCUT2D eigenvalue weighted by atomic mass is 9.81. The third kappa shape index (κ3) is 5.41. The van der Waals surface area contributed by atoms with E-state index in [4.69, 9.17) is 9.47 Å². The van der Waals surface area contributed by atoms with E-state index < -0.39 is 5.79 Å². The van der Waals surface area contributed by atoms with Gasteiger partial charge >= 0.3 is 0 Å². The number of H-pyrrole nitrogens is 1. The summed E-state index contributed by atoms with van der Waals surface area (Å²) in [5.74, 6) is 0.448. The van der Waals surface area contributed by atoms with Crippen molar-refractivity contribution in [2.45, 2.75) is 69.7 Å². The van der Waals surface area contributed by atoms with Crippen LogP contribution in [0.15, 0.2) is 52.3 Å². The number of nitrogens with one attached hydrogen (secondary N) is 2. The van der Waals surface area contributed by atoms with Gasteiger partial charge in [-0.05, 0) is 95.8 Å². The predicted octanol–water partition coefficient (Wildman–Crippen LogP) is 6.41. The molecule has 0 bridgehead atoms. The van der Waals surface area contributed by atoms with Crippen LogP contribution in [-0.2, 0) is 13.6 Å². The number of ether oxygens (including phenoxy) is 2. The molecule has 6 rings (SSSR count). The van der Waals surface area contributed by atoms with E-state index in [9.17, 15) is 9.59 Å². The van der Waals surface area contributed by atoms with Gasteiger partial charge in [-0.25, -0.2) is 0 Å². The molecular formula is C35H42N4O4S. The molecule has 1 unspecified atom stereocenters. The van der Waals surface area contributed by atoms with E-state index in [2.05, 4.69) is 58.1 Å². The minimum Gasteiger partial charge on any atom is -0.448 e. The molecule has 0 radical (unpaired) electrons. The second kappa shape index (κ2) is 11.7. The summed E-state index contributed by atoms with van der Waals surface area (Å²) in [6.07, 6.45) is 8.18. The molecule has 0 saturated heterocycles. The summed E-state index contributed by atoms with van der Waals surface area (Å²) >= 11 is 1.50. The standard InChI is InChI=1S/C35H42N4O4S/c1-20-16-30(44-7)28(34(41)37-20)19-36-33(40)26-18-27(22-8-13-29-23(17-22)14-15-39(29)6)32-31(21(26)2)42-35(3,43-32)24-9-11-25(12-10-24)38(4)5/h8,13-18,24-25H,9-12,19H2,1-7H3,(H,36,40)(H,37,41). The first-order chi connectivity index (χ1) is 21.0. The number of carbonyl (C=O) groups excluding carboxylic acids is 1. The average molecular weight is 615 g/mol. The second-order valence-electron chi connectivity index (χ2n) is 12.7. The van der Waals surface area contributed by atoms with Crippen LogP contribution in [-0.4, -0.2) is 52.5 Å². The molecule has 4 aromatic rings. The number of aromatic nitrogens is 2. The molecule has 1 aliphatic heterocycles. The van der Waals surface area contributed by atoms with E-state index in [1.807, 2.05) is 52.4 Å². The Morgan fingerprint density at radius 1 is 1.09 bits per heavy atom. The fourth-order valence-electron chi connectivity index (χ4n) is 6.87. The zero-order valence-electron chi connectivity index (χ0n) is 26.7. The number of benzene rings is 2. The smallest absolute Gasteiger partial charge is 0.254 e. The molecule has 2 aromatic carbocycles. The van der Waals surface area contributed by atoms with Gasteiger partial charge in [0, 0.05) is 82.4 Å². The highest BCUT2D eigenvalue weighted by Gasteiger charge is 2.47. The van der Waals surface area contributed by atoms with Gasteiger partial charge in [0.25, 0.3) is 17.3 Å². The fraction of sp³-hybridized carbons (Fsp3) is 0.429. The van der Waals surface area contributed by atoms with E-state index in [1.165, 1.54) is 11.8 Å². The largest absolute Gasteiger partial charge is 0.448 e. The Kier molecular flexibility index (Phi) is 8.05. The van der Waals surface area contributed by atoms with Crippen molar-refractivity contribution >= 4 is 28.6 Å². The van der Waals surface area contributed by atoms with Crippen molar-refractivity contribution in [3.8, 4) is 22.6 Å². The van der Waals surface area contributed by atoms with E-state index in [1.54, 1.807) is 0 Å². The number of rotatable bonds is 7. The molecule has 3 heterocycles. The van der Waals surface area contributed by atoms with Crippen LogP contribution < -0.4 is 20.3 Å². The molecule has 9 heteroatoms. The summed E-state index contributed by atoms with van der Waals surface area (Å²) in [5.41, 5.74) is 5.30. The van der Waals surface area contributed by atoms with Crippen molar-refractivity contribution in [3.63, 3.8) is 0 Å². The summed E-state index contributed by atoms with van der Waals surface area (Å²) in [7, 11) is 6.32. The van der Waals surface area contributed by atoms with Gasteiger partial charge < -0.3 is 29.2 Å². The molecule has 0 spiro atoms. The number of nitrogens with zero attached hydrogens (tertiary/aromatic N) is 2. The lowest BCUT2D eigenvalue weighted by Crippen LogP contribution is -2.46. The van der Waals surface area contributed by atoms with Crippen LogP contribution >= 0.6 is 11.8 Å². The first kappa shape index (κ1) is 30.3. The number of thioether (sulfide) groups is 1. The Balaban J connectivity index is 1.38. The van der Waals surface area contributed by atoms with Crippen LogP contribution in [0.25, 0.3) is 22.0 Å². The van der Waals surface area contributed by atoms with Crippen LogP contribution in [0.1, 0.15) is 59.8 Å². The Bertz CT molecular complexity index is 1800. The van der Waals surface area contributed by atoms with Crippen LogP contribution in [0, 0.1) is 19.8 Å². The van der Waals surface area contributed by atoms with E-state index in [0.717, 1.165) is 63.9 Å². The van der Waals surface area contributed by atoms with Crippen LogP contribution in [0.3, 0.4) is 0 Å². The van der Waals surface area contributed by atoms with Gasteiger partial charge in [0.2, 0.25) is 0 Å². The highest BCUT2D eigenvalue weighted by molar-refractivity contribution is 7.98. The van der Waals surface area contributed by atoms with E-state index in [0.29, 0.717) is 28.7 Å². The highest BCUT2D eigenvalue weighted by Crippen LogP contribution is 2.53. The number of carbonyl (C=O) groups is 1. The summed E-state index contributed by atoms with van der Waals surface area (Å²) < 4.78 is 15.7. The van der Waals surface area contributed by atoms with Gasteiger partial charge in [-0.15, -0.1) is 11.8 Å². The predicted molar refractivity (Wildman–Crippen MR) is 177 cm³/mol. The molecule has 1 aliphatic carbocycles. The number of fused-ring (bicyclic) bond motifs is 2. The van der Waals surface area contributed by atoms with Gasteiger partial charge in [0.05, 0.1) is 0 Å². The Morgan fingerprint density at radius 2 is 1.82 bits per heavy atom. The number of aryl methyl sites for hydroxylation is 2. The number of hydrogen-bond donors (Lipinski definition) is 2. The van der Waals surface area contributed by atoms with Crippen molar-refractivity contribution < 1.29 is 14.3 Å². The van der Waals surface area contributed by atoms with Gasteiger partial charge in [-0.3, -0.25) is 9.59 Å². The Morgan fingerprint density at radius 3 is 2.52 bits per heavy atom. The van der Waals surface area contributed by atoms with Crippen molar-refractivity contribution in [3.05, 3.63) is 75.3 Å². The topological polar surface area (TPSA) is 88.6 Å². The fourth-order valence-corrected chi connectivity index (χ4v) is 7.57. The Hall–Kier alpha value is -3.69. The van der Waals surface area contributed by atoms with Crippen molar-refractivity contribution in [1.82, 2.24) is 19.8 Å². The number of aromatic amines is 1. The van der Waals surface area contributed by atoms with Gasteiger partial charge in [0.15, 0.2) is 11.5 Å². The first-order valence-corrected chi connectivity index (χ1v) is 16.5. The molecule has 2 N–H and O–H groups in total. The van der Waals surface area contributed by atoms with Crippen molar-refractivity contribution in [2.24, 2.45) is 13.0 Å². The van der Waals surface area contributed by atoms with E-state index in [-0.39, 0.29) is 23.9 Å². The monoisotopic (exact) mass is 614 g/mol. The molecule has 232 valence electrons. The third-order valence-electron chi connectivity index (χ3n) is 9.58. The van der Waals surface area contributed by atoms with Gasteiger partial charge in [-0.1, -0.05) is 6.07 Å². The lowest BCUT2D eigenvalue weighted by molar-refractivity contribution is -0.123. The highest BCUT2D eigenvalue weighted by atomic mass is 32.2. The minimum atomic E-state index is -0.826. The summed E-state index contributed by atoms with van der Waals surface area (Å²) in [4.78, 5) is 32.6. The second-order valence-corrected chi connectivity index (χ2v) is 13.5. The third-order valence-corrected chi connectivity index (χ3v) is 10.4. The minimum absolute atomic E-state index is 0.122. The Labute approximate surface area is 263 Å². The lowest BCUT2D eigenvalue weighted by Gasteiger charge is -2.39. The molecule has 2 aliphatic rings. The molecule has 1 atom stereocenters. The number of pyridine rings is 1. The summed E-state index contributed by atoms with van der Waals surface area (Å²) in [6.45, 7) is 5.94.